The maximum absolute atomic E-state index is 12.7. The van der Waals surface area contributed by atoms with E-state index in [1.807, 2.05) is 18.2 Å². The average Bonchev–Trinajstić information content (AvgIpc) is 3.18. The molecule has 0 spiro atoms. The minimum atomic E-state index is -4.37. The fourth-order valence-electron chi connectivity index (χ4n) is 2.91. The highest BCUT2D eigenvalue weighted by atomic mass is 19.4. The molecule has 25 heavy (non-hydrogen) atoms. The maximum Gasteiger partial charge on any atom is 0.416 e. The molecule has 0 aliphatic carbocycles. The van der Waals surface area contributed by atoms with E-state index in [1.54, 1.807) is 16.9 Å². The van der Waals surface area contributed by atoms with Crippen LogP contribution >= 0.6 is 0 Å². The number of carbonyl (C=O) groups is 1. The third kappa shape index (κ3) is 2.77. The van der Waals surface area contributed by atoms with Gasteiger partial charge in [0.25, 0.3) is 0 Å². The summed E-state index contributed by atoms with van der Waals surface area (Å²) in [6.07, 6.45) is -2.47. The lowest BCUT2D eigenvalue weighted by molar-refractivity contribution is -0.137. The zero-order chi connectivity index (χ0) is 17.6. The molecule has 126 valence electrons. The van der Waals surface area contributed by atoms with Gasteiger partial charge in [-0.2, -0.15) is 18.3 Å². The van der Waals surface area contributed by atoms with Gasteiger partial charge in [0.1, 0.15) is 0 Å². The smallest absolute Gasteiger partial charge is 0.326 e. The topological polar surface area (TPSA) is 46.9 Å². The number of nitrogens with one attached hydrogen (secondary N) is 1. The van der Waals surface area contributed by atoms with Crippen molar-refractivity contribution in [2.45, 2.75) is 12.6 Å². The standard InChI is InChI=1S/C18H12F3N3O/c19-18(20,21)13-2-4-14(5-3-13)24-16(7-8-22-24)11-1-6-15-12(9-11)10-17(25)23-15/h1-9H,10H2,(H,23,25). The van der Waals surface area contributed by atoms with Crippen LogP contribution in [-0.2, 0) is 17.4 Å². The summed E-state index contributed by atoms with van der Waals surface area (Å²) in [5, 5.41) is 6.98. The van der Waals surface area contributed by atoms with Crippen LogP contribution in [0.15, 0.2) is 54.7 Å². The van der Waals surface area contributed by atoms with Crippen LogP contribution in [0.1, 0.15) is 11.1 Å². The molecule has 1 aromatic heterocycles. The van der Waals surface area contributed by atoms with Crippen LogP contribution < -0.4 is 5.32 Å². The van der Waals surface area contributed by atoms with Crippen molar-refractivity contribution in [3.05, 3.63) is 65.9 Å². The van der Waals surface area contributed by atoms with Crippen LogP contribution in [0, 0.1) is 0 Å². The number of hydrogen-bond donors (Lipinski definition) is 1. The molecule has 2 heterocycles. The van der Waals surface area contributed by atoms with E-state index in [0.29, 0.717) is 12.1 Å². The Labute approximate surface area is 140 Å². The molecule has 4 nitrogen and oxygen atoms in total. The monoisotopic (exact) mass is 343 g/mol. The highest BCUT2D eigenvalue weighted by Gasteiger charge is 2.30. The lowest BCUT2D eigenvalue weighted by Gasteiger charge is -2.11. The fourth-order valence-corrected chi connectivity index (χ4v) is 2.91. The quantitative estimate of drug-likeness (QED) is 0.763. The number of fused-ring (bicyclic) bond motifs is 1. The summed E-state index contributed by atoms with van der Waals surface area (Å²) in [5.41, 5.74) is 3.08. The minimum absolute atomic E-state index is 0.0524. The molecular formula is C18H12F3N3O. The largest absolute Gasteiger partial charge is 0.416 e. The van der Waals surface area contributed by atoms with Gasteiger partial charge in [-0.05, 0) is 48.0 Å². The second kappa shape index (κ2) is 5.47. The Balaban J connectivity index is 1.72. The van der Waals surface area contributed by atoms with E-state index < -0.39 is 11.7 Å². The Bertz CT molecular complexity index is 958. The SMILES string of the molecule is O=C1Cc2cc(-c3ccnn3-c3ccc(C(F)(F)F)cc3)ccc2N1. The van der Waals surface area contributed by atoms with E-state index in [4.69, 9.17) is 0 Å². The number of hydrogen-bond acceptors (Lipinski definition) is 2. The van der Waals surface area contributed by atoms with Crippen molar-refractivity contribution in [3.8, 4) is 16.9 Å². The van der Waals surface area contributed by atoms with Gasteiger partial charge in [0.05, 0.1) is 29.6 Å². The highest BCUT2D eigenvalue weighted by molar-refractivity contribution is 5.99. The zero-order valence-corrected chi connectivity index (χ0v) is 12.8. The Morgan fingerprint density at radius 1 is 1.04 bits per heavy atom. The number of aromatic nitrogens is 2. The average molecular weight is 343 g/mol. The number of carbonyl (C=O) groups excluding carboxylic acids is 1. The van der Waals surface area contributed by atoms with Crippen molar-refractivity contribution in [2.24, 2.45) is 0 Å². The highest BCUT2D eigenvalue weighted by Crippen LogP contribution is 2.32. The van der Waals surface area contributed by atoms with Gasteiger partial charge in [0.15, 0.2) is 0 Å². The molecule has 0 atom stereocenters. The van der Waals surface area contributed by atoms with Crippen LogP contribution in [0.4, 0.5) is 18.9 Å². The molecular weight excluding hydrogens is 331 g/mol. The number of alkyl halides is 3. The van der Waals surface area contributed by atoms with E-state index in [-0.39, 0.29) is 5.91 Å². The second-order valence-electron chi connectivity index (χ2n) is 5.77. The summed E-state index contributed by atoms with van der Waals surface area (Å²) in [4.78, 5) is 11.5. The predicted molar refractivity (Wildman–Crippen MR) is 86.3 cm³/mol. The van der Waals surface area contributed by atoms with Gasteiger partial charge in [0, 0.05) is 11.3 Å². The van der Waals surface area contributed by atoms with E-state index in [0.717, 1.165) is 34.6 Å². The lowest BCUT2D eigenvalue weighted by Crippen LogP contribution is -2.05. The first-order valence-corrected chi connectivity index (χ1v) is 7.56. The third-order valence-corrected chi connectivity index (χ3v) is 4.11. The first-order chi connectivity index (χ1) is 11.9. The molecule has 1 aliphatic heterocycles. The molecule has 0 radical (unpaired) electrons. The molecule has 0 unspecified atom stereocenters. The Hall–Kier alpha value is -3.09. The Kier molecular flexibility index (Phi) is 3.38. The number of benzene rings is 2. The van der Waals surface area contributed by atoms with E-state index in [2.05, 4.69) is 10.4 Å². The first kappa shape index (κ1) is 15.4. The molecule has 4 rings (SSSR count). The first-order valence-electron chi connectivity index (χ1n) is 7.56. The van der Waals surface area contributed by atoms with Gasteiger partial charge in [-0.3, -0.25) is 4.79 Å². The Morgan fingerprint density at radius 3 is 2.52 bits per heavy atom. The zero-order valence-electron chi connectivity index (χ0n) is 12.8. The minimum Gasteiger partial charge on any atom is -0.326 e. The van der Waals surface area contributed by atoms with Crippen molar-refractivity contribution < 1.29 is 18.0 Å². The van der Waals surface area contributed by atoms with Crippen LogP contribution in [0.25, 0.3) is 16.9 Å². The summed E-state index contributed by atoms with van der Waals surface area (Å²) in [6, 6.07) is 12.2. The maximum atomic E-state index is 12.7. The van der Waals surface area contributed by atoms with E-state index in [9.17, 15) is 18.0 Å². The van der Waals surface area contributed by atoms with Gasteiger partial charge < -0.3 is 5.32 Å². The van der Waals surface area contributed by atoms with Gasteiger partial charge in [-0.15, -0.1) is 0 Å². The lowest BCUT2D eigenvalue weighted by atomic mass is 10.1. The number of halogens is 3. The van der Waals surface area contributed by atoms with Crippen molar-refractivity contribution in [2.75, 3.05) is 5.32 Å². The molecule has 3 aromatic rings. The van der Waals surface area contributed by atoms with Gasteiger partial charge in [-0.25, -0.2) is 4.68 Å². The van der Waals surface area contributed by atoms with Crippen LogP contribution in [0.2, 0.25) is 0 Å². The molecule has 7 heteroatoms. The molecule has 1 N–H and O–H groups in total. The van der Waals surface area contributed by atoms with Gasteiger partial charge >= 0.3 is 6.18 Å². The predicted octanol–water partition coefficient (Wildman–Crippen LogP) is 4.05. The van der Waals surface area contributed by atoms with E-state index >= 15 is 0 Å². The second-order valence-corrected chi connectivity index (χ2v) is 5.77. The van der Waals surface area contributed by atoms with Crippen molar-refractivity contribution >= 4 is 11.6 Å². The van der Waals surface area contributed by atoms with Crippen LogP contribution in [0.3, 0.4) is 0 Å². The van der Waals surface area contributed by atoms with Gasteiger partial charge in [-0.1, -0.05) is 6.07 Å². The summed E-state index contributed by atoms with van der Waals surface area (Å²) >= 11 is 0. The summed E-state index contributed by atoms with van der Waals surface area (Å²) < 4.78 is 39.7. The van der Waals surface area contributed by atoms with Crippen molar-refractivity contribution in [3.63, 3.8) is 0 Å². The molecule has 1 amide bonds. The fraction of sp³-hybridized carbons (Fsp3) is 0.111. The normalized spacial score (nSPS) is 13.6. The molecule has 0 bridgehead atoms. The Morgan fingerprint density at radius 2 is 1.80 bits per heavy atom. The van der Waals surface area contributed by atoms with Crippen molar-refractivity contribution in [1.82, 2.24) is 9.78 Å². The molecule has 0 saturated heterocycles. The molecule has 2 aromatic carbocycles. The van der Waals surface area contributed by atoms with Crippen LogP contribution in [0.5, 0.6) is 0 Å². The summed E-state index contributed by atoms with van der Waals surface area (Å²) in [5.74, 6) is -0.0524. The number of amides is 1. The van der Waals surface area contributed by atoms with Crippen LogP contribution in [-0.4, -0.2) is 15.7 Å². The number of anilines is 1. The number of rotatable bonds is 2. The van der Waals surface area contributed by atoms with E-state index in [1.165, 1.54) is 12.1 Å². The van der Waals surface area contributed by atoms with Gasteiger partial charge in [0.2, 0.25) is 5.91 Å². The number of nitrogens with zero attached hydrogens (tertiary/aromatic N) is 2. The van der Waals surface area contributed by atoms with Crippen molar-refractivity contribution in [1.29, 1.82) is 0 Å². The summed E-state index contributed by atoms with van der Waals surface area (Å²) in [6.45, 7) is 0. The summed E-state index contributed by atoms with van der Waals surface area (Å²) in [7, 11) is 0. The molecule has 0 saturated carbocycles. The molecule has 1 aliphatic rings. The third-order valence-electron chi connectivity index (χ3n) is 4.11. The molecule has 0 fully saturated rings.